The van der Waals surface area contributed by atoms with E-state index in [4.69, 9.17) is 11.6 Å². The number of rotatable bonds is 3. The highest BCUT2D eigenvalue weighted by Gasteiger charge is 2.54. The molecule has 4 rings (SSSR count). The summed E-state index contributed by atoms with van der Waals surface area (Å²) in [6, 6.07) is 21.5. The smallest absolute Gasteiger partial charge is 0.201 e. The fourth-order valence-electron chi connectivity index (χ4n) is 3.47. The Kier molecular flexibility index (Phi) is 3.89. The zero-order valence-electron chi connectivity index (χ0n) is 14.1. The van der Waals surface area contributed by atoms with Crippen LogP contribution < -0.4 is 5.32 Å². The number of Topliss-reactive ketones (excluding diaryl/α,β-unsaturated/α-hetero) is 2. The quantitative estimate of drug-likeness (QED) is 0.665. The Hall–Kier alpha value is -2.91. The van der Waals surface area contributed by atoms with Crippen molar-refractivity contribution in [3.63, 3.8) is 0 Å². The van der Waals surface area contributed by atoms with E-state index in [0.29, 0.717) is 27.4 Å². The van der Waals surface area contributed by atoms with E-state index in [-0.39, 0.29) is 11.6 Å². The van der Waals surface area contributed by atoms with Gasteiger partial charge in [0.25, 0.3) is 0 Å². The summed E-state index contributed by atoms with van der Waals surface area (Å²) >= 11 is 6.24. The highest BCUT2D eigenvalue weighted by molar-refractivity contribution is 6.34. The molecule has 26 heavy (non-hydrogen) atoms. The van der Waals surface area contributed by atoms with Gasteiger partial charge >= 0.3 is 0 Å². The molecule has 4 heteroatoms. The van der Waals surface area contributed by atoms with Crippen molar-refractivity contribution in [3.8, 4) is 0 Å². The molecular formula is C22H16ClNO2. The van der Waals surface area contributed by atoms with Gasteiger partial charge in [-0.05, 0) is 30.2 Å². The Morgan fingerprint density at radius 3 is 1.96 bits per heavy atom. The summed E-state index contributed by atoms with van der Waals surface area (Å²) in [5.41, 5.74) is 1.46. The molecule has 0 unspecified atom stereocenters. The topological polar surface area (TPSA) is 46.2 Å². The van der Waals surface area contributed by atoms with Crippen molar-refractivity contribution < 1.29 is 9.59 Å². The van der Waals surface area contributed by atoms with Gasteiger partial charge in [-0.15, -0.1) is 0 Å². The number of benzene rings is 3. The molecule has 0 atom stereocenters. The van der Waals surface area contributed by atoms with Gasteiger partial charge in [-0.2, -0.15) is 0 Å². The molecule has 3 nitrogen and oxygen atoms in total. The molecule has 0 heterocycles. The van der Waals surface area contributed by atoms with Gasteiger partial charge in [0.2, 0.25) is 11.6 Å². The highest BCUT2D eigenvalue weighted by Crippen LogP contribution is 2.41. The van der Waals surface area contributed by atoms with Crippen molar-refractivity contribution >= 4 is 28.9 Å². The van der Waals surface area contributed by atoms with Gasteiger partial charge in [-0.1, -0.05) is 72.3 Å². The maximum absolute atomic E-state index is 13.4. The zero-order valence-corrected chi connectivity index (χ0v) is 14.9. The maximum atomic E-state index is 13.4. The second-order valence-corrected chi connectivity index (χ2v) is 6.76. The van der Waals surface area contributed by atoms with E-state index in [1.54, 1.807) is 48.5 Å². The average molecular weight is 362 g/mol. The van der Waals surface area contributed by atoms with Crippen LogP contribution in [0.5, 0.6) is 0 Å². The van der Waals surface area contributed by atoms with Crippen LogP contribution in [0.3, 0.4) is 0 Å². The second-order valence-electron chi connectivity index (χ2n) is 6.36. The molecule has 1 aliphatic rings. The third kappa shape index (κ3) is 2.28. The van der Waals surface area contributed by atoms with Crippen LogP contribution in [0.2, 0.25) is 5.02 Å². The van der Waals surface area contributed by atoms with Crippen LogP contribution in [0.25, 0.3) is 0 Å². The first kappa shape index (κ1) is 16.6. The van der Waals surface area contributed by atoms with Crippen molar-refractivity contribution in [2.24, 2.45) is 0 Å². The monoisotopic (exact) mass is 361 g/mol. The SMILES string of the molecule is Cc1c(Cl)cccc1NC1(c2ccccc2)C(=O)c2ccccc2C1=O. The lowest BCUT2D eigenvalue weighted by atomic mass is 9.84. The number of fused-ring (bicyclic) bond motifs is 1. The number of halogens is 1. The van der Waals surface area contributed by atoms with Crippen LogP contribution in [0.15, 0.2) is 72.8 Å². The summed E-state index contributed by atoms with van der Waals surface area (Å²) < 4.78 is 0. The van der Waals surface area contributed by atoms with Gasteiger partial charge in [0.05, 0.1) is 0 Å². The van der Waals surface area contributed by atoms with Crippen molar-refractivity contribution in [2.45, 2.75) is 12.5 Å². The van der Waals surface area contributed by atoms with Crippen LogP contribution in [0, 0.1) is 6.92 Å². The van der Waals surface area contributed by atoms with Crippen LogP contribution in [0.4, 0.5) is 5.69 Å². The molecule has 3 aromatic rings. The number of hydrogen-bond donors (Lipinski definition) is 1. The molecule has 0 amide bonds. The first-order valence-corrected chi connectivity index (χ1v) is 8.71. The van der Waals surface area contributed by atoms with Crippen molar-refractivity contribution in [3.05, 3.63) is 100 Å². The van der Waals surface area contributed by atoms with E-state index < -0.39 is 5.54 Å². The standard InChI is InChI=1S/C22H16ClNO2/c1-14-18(23)12-7-13-19(14)24-22(15-8-3-2-4-9-15)20(25)16-10-5-6-11-17(16)21(22)26/h2-13,24H,1H3. The minimum atomic E-state index is -1.49. The summed E-state index contributed by atoms with van der Waals surface area (Å²) in [5.74, 6) is -0.493. The number of nitrogens with one attached hydrogen (secondary N) is 1. The minimum Gasteiger partial charge on any atom is -0.362 e. The zero-order chi connectivity index (χ0) is 18.3. The number of hydrogen-bond acceptors (Lipinski definition) is 3. The van der Waals surface area contributed by atoms with Crippen LogP contribution in [-0.2, 0) is 5.54 Å². The summed E-state index contributed by atoms with van der Waals surface area (Å²) in [7, 11) is 0. The van der Waals surface area contributed by atoms with Gasteiger partial charge in [0, 0.05) is 21.8 Å². The Morgan fingerprint density at radius 1 is 0.769 bits per heavy atom. The van der Waals surface area contributed by atoms with E-state index in [9.17, 15) is 9.59 Å². The molecule has 0 fully saturated rings. The van der Waals surface area contributed by atoms with Gasteiger partial charge in [-0.3, -0.25) is 9.59 Å². The first-order valence-electron chi connectivity index (χ1n) is 8.33. The predicted molar refractivity (Wildman–Crippen MR) is 103 cm³/mol. The maximum Gasteiger partial charge on any atom is 0.201 e. The van der Waals surface area contributed by atoms with Crippen molar-refractivity contribution in [1.29, 1.82) is 0 Å². The average Bonchev–Trinajstić information content (AvgIpc) is 2.89. The van der Waals surface area contributed by atoms with E-state index in [2.05, 4.69) is 5.32 Å². The summed E-state index contributed by atoms with van der Waals surface area (Å²) in [6.45, 7) is 1.86. The van der Waals surface area contributed by atoms with E-state index in [1.165, 1.54) is 0 Å². The molecule has 0 radical (unpaired) electrons. The number of carbonyl (C=O) groups excluding carboxylic acids is 2. The predicted octanol–water partition coefficient (Wildman–Crippen LogP) is 5.04. The Bertz CT molecular complexity index is 992. The molecule has 0 saturated carbocycles. The number of anilines is 1. The van der Waals surface area contributed by atoms with Gasteiger partial charge < -0.3 is 5.32 Å². The van der Waals surface area contributed by atoms with E-state index >= 15 is 0 Å². The normalized spacial score (nSPS) is 15.0. The highest BCUT2D eigenvalue weighted by atomic mass is 35.5. The minimum absolute atomic E-state index is 0.247. The molecule has 1 N–H and O–H groups in total. The van der Waals surface area contributed by atoms with Gasteiger partial charge in [-0.25, -0.2) is 0 Å². The molecule has 0 spiro atoms. The first-order chi connectivity index (χ1) is 12.6. The fraction of sp³-hybridized carbons (Fsp3) is 0.0909. The van der Waals surface area contributed by atoms with Crippen molar-refractivity contribution in [1.82, 2.24) is 0 Å². The second kappa shape index (κ2) is 6.11. The van der Waals surface area contributed by atoms with E-state index in [0.717, 1.165) is 5.56 Å². The lowest BCUT2D eigenvalue weighted by Crippen LogP contribution is -2.46. The largest absolute Gasteiger partial charge is 0.362 e. The van der Waals surface area contributed by atoms with Crippen LogP contribution in [0.1, 0.15) is 31.8 Å². The van der Waals surface area contributed by atoms with E-state index in [1.807, 2.05) is 31.2 Å². The summed E-state index contributed by atoms with van der Waals surface area (Å²) in [5, 5.41) is 3.82. The molecular weight excluding hydrogens is 346 g/mol. The molecule has 0 aliphatic heterocycles. The lowest BCUT2D eigenvalue weighted by Gasteiger charge is -2.30. The molecule has 0 aromatic heterocycles. The Balaban J connectivity index is 1.95. The van der Waals surface area contributed by atoms with Crippen molar-refractivity contribution in [2.75, 3.05) is 5.32 Å². The Labute approximate surface area is 156 Å². The third-order valence-electron chi connectivity index (χ3n) is 4.89. The summed E-state index contributed by atoms with van der Waals surface area (Å²) in [4.78, 5) is 26.8. The number of ketones is 2. The fourth-order valence-corrected chi connectivity index (χ4v) is 3.64. The molecule has 0 bridgehead atoms. The number of carbonyl (C=O) groups is 2. The van der Waals surface area contributed by atoms with Gasteiger partial charge in [0.15, 0.2) is 5.54 Å². The molecule has 0 saturated heterocycles. The van der Waals surface area contributed by atoms with Crippen LogP contribution >= 0.6 is 11.6 Å². The lowest BCUT2D eigenvalue weighted by molar-refractivity contribution is 0.0819. The van der Waals surface area contributed by atoms with Gasteiger partial charge in [0.1, 0.15) is 0 Å². The third-order valence-corrected chi connectivity index (χ3v) is 5.30. The molecule has 1 aliphatic carbocycles. The molecule has 128 valence electrons. The Morgan fingerprint density at radius 2 is 1.35 bits per heavy atom. The molecule has 3 aromatic carbocycles. The van der Waals surface area contributed by atoms with Crippen LogP contribution in [-0.4, -0.2) is 11.6 Å². The summed E-state index contributed by atoms with van der Waals surface area (Å²) in [6.07, 6.45) is 0.